The van der Waals surface area contributed by atoms with Crippen LogP contribution in [0.2, 0.25) is 5.02 Å². The number of hydrogen-bond donors (Lipinski definition) is 3. The van der Waals surface area contributed by atoms with Gasteiger partial charge in [-0.05, 0) is 66.9 Å². The van der Waals surface area contributed by atoms with Crippen LogP contribution in [0.25, 0.3) is 11.3 Å². The molecule has 2 unspecified atom stereocenters. The van der Waals surface area contributed by atoms with Gasteiger partial charge in [0, 0.05) is 30.8 Å². The molecule has 1 aromatic heterocycles. The third-order valence-electron chi connectivity index (χ3n) is 7.17. The van der Waals surface area contributed by atoms with Crippen molar-refractivity contribution < 1.29 is 18.7 Å². The van der Waals surface area contributed by atoms with Crippen molar-refractivity contribution in [3.05, 3.63) is 100 Å². The summed E-state index contributed by atoms with van der Waals surface area (Å²) in [5.74, 6) is 0.340. The molecule has 0 fully saturated rings. The number of nitrogens with zero attached hydrogens (tertiary/aromatic N) is 3. The van der Waals surface area contributed by atoms with Crippen LogP contribution in [0.15, 0.2) is 66.7 Å². The van der Waals surface area contributed by atoms with Gasteiger partial charge in [-0.25, -0.2) is 13.8 Å². The maximum atomic E-state index is 14.2. The number of fused-ring (bicyclic) bond motifs is 1. The maximum absolute atomic E-state index is 14.2. The zero-order valence-electron chi connectivity index (χ0n) is 21.9. The van der Waals surface area contributed by atoms with Crippen molar-refractivity contribution in [2.24, 2.45) is 5.73 Å². The summed E-state index contributed by atoms with van der Waals surface area (Å²) in [6.45, 7) is 2.87. The highest BCUT2D eigenvalue weighted by Gasteiger charge is 2.27. The van der Waals surface area contributed by atoms with Crippen LogP contribution < -0.4 is 11.1 Å². The van der Waals surface area contributed by atoms with E-state index < -0.39 is 18.0 Å². The van der Waals surface area contributed by atoms with E-state index in [0.717, 1.165) is 11.1 Å². The van der Waals surface area contributed by atoms with E-state index in [1.807, 2.05) is 28.8 Å². The minimum Gasteiger partial charge on any atom is -0.391 e. The highest BCUT2D eigenvalue weighted by molar-refractivity contribution is 6.30. The molecule has 2 heterocycles. The van der Waals surface area contributed by atoms with Crippen LogP contribution in [-0.4, -0.2) is 38.1 Å². The van der Waals surface area contributed by atoms with Crippen molar-refractivity contribution in [1.29, 1.82) is 0 Å². The number of aliphatic hydroxyl groups is 1. The van der Waals surface area contributed by atoms with Crippen molar-refractivity contribution >= 4 is 29.0 Å². The van der Waals surface area contributed by atoms with E-state index in [0.29, 0.717) is 54.6 Å². The summed E-state index contributed by atoms with van der Waals surface area (Å²) in [7, 11) is 0. The van der Waals surface area contributed by atoms with E-state index in [9.17, 15) is 18.7 Å². The molecule has 4 N–H and O–H groups in total. The van der Waals surface area contributed by atoms with Crippen LogP contribution >= 0.6 is 11.6 Å². The van der Waals surface area contributed by atoms with Crippen LogP contribution in [0.1, 0.15) is 36.3 Å². The zero-order valence-corrected chi connectivity index (χ0v) is 22.7. The Balaban J connectivity index is 1.38. The molecule has 0 aliphatic carbocycles. The van der Waals surface area contributed by atoms with Crippen molar-refractivity contribution in [3.8, 4) is 11.3 Å². The lowest BCUT2D eigenvalue weighted by molar-refractivity contribution is -0.132. The predicted molar refractivity (Wildman–Crippen MR) is 151 cm³/mol. The van der Waals surface area contributed by atoms with E-state index >= 15 is 0 Å². The molecule has 1 aliphatic rings. The molecule has 4 aromatic rings. The average Bonchev–Trinajstić information content (AvgIpc) is 3.31. The molecule has 0 radical (unpaired) electrons. The Morgan fingerprint density at radius 3 is 2.60 bits per heavy atom. The number of nitrogens with one attached hydrogen (secondary N) is 1. The van der Waals surface area contributed by atoms with Gasteiger partial charge in [0.2, 0.25) is 5.91 Å². The van der Waals surface area contributed by atoms with E-state index in [1.54, 1.807) is 30.0 Å². The molecule has 2 atom stereocenters. The first-order chi connectivity index (χ1) is 19.2. The highest BCUT2D eigenvalue weighted by Crippen LogP contribution is 2.34. The Hall–Kier alpha value is -3.79. The second kappa shape index (κ2) is 11.8. The Morgan fingerprint density at radius 2 is 1.88 bits per heavy atom. The molecule has 0 saturated heterocycles. The molecule has 0 spiro atoms. The highest BCUT2D eigenvalue weighted by atomic mass is 35.5. The molecule has 208 valence electrons. The second-order valence-electron chi connectivity index (χ2n) is 9.92. The molecule has 3 aromatic carbocycles. The van der Waals surface area contributed by atoms with Gasteiger partial charge in [0.05, 0.1) is 23.7 Å². The Labute approximate surface area is 236 Å². The topological polar surface area (TPSA) is 96.4 Å². The summed E-state index contributed by atoms with van der Waals surface area (Å²) in [5, 5.41) is 13.2. The molecule has 0 saturated carbocycles. The summed E-state index contributed by atoms with van der Waals surface area (Å²) < 4.78 is 29.8. The van der Waals surface area contributed by atoms with Gasteiger partial charge in [0.25, 0.3) is 0 Å². The number of nitrogens with two attached hydrogens (primary N) is 1. The first-order valence-corrected chi connectivity index (χ1v) is 13.5. The number of carbonyl (C=O) groups excluding carboxylic acids is 1. The van der Waals surface area contributed by atoms with E-state index in [4.69, 9.17) is 22.3 Å². The number of aliphatic hydroxyl groups excluding tert-OH is 1. The van der Waals surface area contributed by atoms with Gasteiger partial charge in [-0.15, -0.1) is 0 Å². The summed E-state index contributed by atoms with van der Waals surface area (Å²) in [5.41, 5.74) is 9.68. The molecule has 5 rings (SSSR count). The third-order valence-corrected chi connectivity index (χ3v) is 7.47. The minimum absolute atomic E-state index is 0.0178. The van der Waals surface area contributed by atoms with Crippen LogP contribution in [0.3, 0.4) is 0 Å². The smallest absolute Gasteiger partial charge is 0.223 e. The van der Waals surface area contributed by atoms with Crippen molar-refractivity contribution in [2.45, 2.75) is 45.0 Å². The summed E-state index contributed by atoms with van der Waals surface area (Å²) >= 11 is 5.86. The van der Waals surface area contributed by atoms with Crippen molar-refractivity contribution in [2.75, 3.05) is 11.9 Å². The molecule has 0 bridgehead atoms. The number of carbonyl (C=O) groups is 1. The number of amides is 1. The Bertz CT molecular complexity index is 1520. The van der Waals surface area contributed by atoms with Gasteiger partial charge >= 0.3 is 0 Å². The normalized spacial score (nSPS) is 14.5. The molecule has 7 nitrogen and oxygen atoms in total. The van der Waals surface area contributed by atoms with Crippen LogP contribution in [0.4, 0.5) is 20.3 Å². The molecule has 10 heteroatoms. The number of aryl methyl sites for hydroxylation is 1. The summed E-state index contributed by atoms with van der Waals surface area (Å²) in [6.07, 6.45) is 0.0701. The number of hydrogen-bond acceptors (Lipinski definition) is 5. The largest absolute Gasteiger partial charge is 0.391 e. The van der Waals surface area contributed by atoms with Gasteiger partial charge in [-0.1, -0.05) is 35.9 Å². The first kappa shape index (κ1) is 27.8. The van der Waals surface area contributed by atoms with Gasteiger partial charge in [0.15, 0.2) is 0 Å². The zero-order chi connectivity index (χ0) is 28.4. The second-order valence-corrected chi connectivity index (χ2v) is 10.3. The minimum atomic E-state index is -0.708. The fraction of sp³-hybridized carbons (Fsp3) is 0.267. The first-order valence-electron chi connectivity index (χ1n) is 13.1. The summed E-state index contributed by atoms with van der Waals surface area (Å²) in [4.78, 5) is 19.8. The summed E-state index contributed by atoms with van der Waals surface area (Å²) in [6, 6.07) is 17.5. The monoisotopic (exact) mass is 565 g/mol. The average molecular weight is 566 g/mol. The SMILES string of the molecule is CC(O)C(N)c1ccccc1CCC(=O)N1CCn2c(nc(-c3ccc(F)cc3)c2Nc2ccc(Cl)c(F)c2)C1. The molecule has 1 amide bonds. The quantitative estimate of drug-likeness (QED) is 0.259. The maximum Gasteiger partial charge on any atom is 0.223 e. The lowest BCUT2D eigenvalue weighted by atomic mass is 9.95. The number of aromatic nitrogens is 2. The number of benzene rings is 3. The van der Waals surface area contributed by atoms with Gasteiger partial charge in [-0.3, -0.25) is 4.79 Å². The number of rotatable bonds is 8. The van der Waals surface area contributed by atoms with Crippen molar-refractivity contribution in [1.82, 2.24) is 14.5 Å². The van der Waals surface area contributed by atoms with Crippen LogP contribution in [0.5, 0.6) is 0 Å². The number of imidazole rings is 1. The lowest BCUT2D eigenvalue weighted by Gasteiger charge is -2.29. The third kappa shape index (κ3) is 5.86. The standard InChI is InChI=1S/C30H30ClF2N5O2/c1-18(39)28(34)23-5-3-2-4-19(23)8-13-27(40)37-14-15-38-26(17-37)36-29(20-6-9-21(32)10-7-20)30(38)35-22-11-12-24(31)25(33)16-22/h2-7,9-12,16,18,28,35,39H,8,13-15,17,34H2,1H3. The number of anilines is 2. The molecular weight excluding hydrogens is 536 g/mol. The number of halogens is 3. The molecule has 1 aliphatic heterocycles. The molecular formula is C30H30ClF2N5O2. The fourth-order valence-corrected chi connectivity index (χ4v) is 5.05. The predicted octanol–water partition coefficient (Wildman–Crippen LogP) is 5.58. The lowest BCUT2D eigenvalue weighted by Crippen LogP contribution is -2.38. The Morgan fingerprint density at radius 1 is 1.12 bits per heavy atom. The van der Waals surface area contributed by atoms with Crippen LogP contribution in [0, 0.1) is 11.6 Å². The molecule has 40 heavy (non-hydrogen) atoms. The van der Waals surface area contributed by atoms with Gasteiger partial charge in [0.1, 0.15) is 29.0 Å². The van der Waals surface area contributed by atoms with Gasteiger partial charge in [-0.2, -0.15) is 0 Å². The van der Waals surface area contributed by atoms with E-state index in [-0.39, 0.29) is 23.2 Å². The van der Waals surface area contributed by atoms with Gasteiger partial charge < -0.3 is 25.6 Å². The fourth-order valence-electron chi connectivity index (χ4n) is 4.94. The van der Waals surface area contributed by atoms with Crippen molar-refractivity contribution in [3.63, 3.8) is 0 Å². The Kier molecular flexibility index (Phi) is 8.16. The van der Waals surface area contributed by atoms with E-state index in [2.05, 4.69) is 5.32 Å². The van der Waals surface area contributed by atoms with E-state index in [1.165, 1.54) is 24.3 Å². The van der Waals surface area contributed by atoms with Crippen LogP contribution in [-0.2, 0) is 24.3 Å².